The maximum absolute atomic E-state index is 12.6. The van der Waals surface area contributed by atoms with E-state index < -0.39 is 0 Å². The second-order valence-electron chi connectivity index (χ2n) is 6.80. The van der Waals surface area contributed by atoms with Crippen LogP contribution in [0.25, 0.3) is 0 Å². The van der Waals surface area contributed by atoms with Crippen LogP contribution in [-0.2, 0) is 0 Å². The van der Waals surface area contributed by atoms with E-state index >= 15 is 0 Å². The van der Waals surface area contributed by atoms with Crippen molar-refractivity contribution in [1.82, 2.24) is 9.97 Å². The van der Waals surface area contributed by atoms with E-state index in [0.717, 1.165) is 30.0 Å². The van der Waals surface area contributed by atoms with Crippen LogP contribution in [0.2, 0.25) is 0 Å². The highest BCUT2D eigenvalue weighted by Crippen LogP contribution is 2.25. The monoisotopic (exact) mass is 389 g/mol. The van der Waals surface area contributed by atoms with Gasteiger partial charge in [-0.15, -0.1) is 0 Å². The van der Waals surface area contributed by atoms with Crippen molar-refractivity contribution in [3.05, 3.63) is 71.7 Å². The number of anilines is 4. The summed E-state index contributed by atoms with van der Waals surface area (Å²) in [5.74, 6) is 0.860. The molecule has 0 radical (unpaired) electrons. The molecule has 1 heterocycles. The number of carbonyl (C=O) groups is 1. The smallest absolute Gasteiger partial charge is 0.274 e. The van der Waals surface area contributed by atoms with Crippen molar-refractivity contribution >= 4 is 28.8 Å². The van der Waals surface area contributed by atoms with Crippen LogP contribution >= 0.6 is 0 Å². The average molecular weight is 390 g/mol. The third-order valence-corrected chi connectivity index (χ3v) is 4.70. The fourth-order valence-electron chi connectivity index (χ4n) is 3.18. The molecule has 0 aliphatic heterocycles. The molecule has 6 heteroatoms. The van der Waals surface area contributed by atoms with Gasteiger partial charge in [0.1, 0.15) is 17.3 Å². The molecule has 0 aliphatic carbocycles. The molecular weight excluding hydrogens is 362 g/mol. The Hall–Kier alpha value is -3.41. The van der Waals surface area contributed by atoms with Gasteiger partial charge < -0.3 is 15.5 Å². The van der Waals surface area contributed by atoms with E-state index in [1.165, 1.54) is 5.69 Å². The molecule has 3 rings (SSSR count). The average Bonchev–Trinajstić information content (AvgIpc) is 2.71. The number of para-hydroxylation sites is 1. The number of carbonyl (C=O) groups excluding carboxylic acids is 1. The zero-order chi connectivity index (χ0) is 20.8. The molecule has 1 amide bonds. The third-order valence-electron chi connectivity index (χ3n) is 4.70. The second-order valence-corrected chi connectivity index (χ2v) is 6.80. The number of nitrogens with zero attached hydrogens (tertiary/aromatic N) is 3. The van der Waals surface area contributed by atoms with Crippen molar-refractivity contribution in [1.29, 1.82) is 0 Å². The summed E-state index contributed by atoms with van der Waals surface area (Å²) >= 11 is 0. The van der Waals surface area contributed by atoms with Gasteiger partial charge in [0.2, 0.25) is 0 Å². The van der Waals surface area contributed by atoms with Gasteiger partial charge in [0.25, 0.3) is 5.91 Å². The molecule has 1 aromatic heterocycles. The van der Waals surface area contributed by atoms with E-state index in [-0.39, 0.29) is 5.91 Å². The summed E-state index contributed by atoms with van der Waals surface area (Å²) in [6.45, 7) is 10.1. The molecular formula is C23H27N5O. The number of nitrogens with one attached hydrogen (secondary N) is 2. The molecule has 3 aromatic rings. The highest BCUT2D eigenvalue weighted by molar-refractivity contribution is 6.03. The lowest BCUT2D eigenvalue weighted by Crippen LogP contribution is -2.21. The van der Waals surface area contributed by atoms with Gasteiger partial charge in [-0.3, -0.25) is 4.79 Å². The van der Waals surface area contributed by atoms with Crippen LogP contribution in [0.3, 0.4) is 0 Å². The van der Waals surface area contributed by atoms with Crippen molar-refractivity contribution < 1.29 is 4.79 Å². The van der Waals surface area contributed by atoms with Crippen LogP contribution < -0.4 is 15.5 Å². The summed E-state index contributed by atoms with van der Waals surface area (Å²) in [5, 5.41) is 6.18. The predicted molar refractivity (Wildman–Crippen MR) is 119 cm³/mol. The predicted octanol–water partition coefficient (Wildman–Crippen LogP) is 4.94. The summed E-state index contributed by atoms with van der Waals surface area (Å²) in [6.07, 6.45) is 0. The van der Waals surface area contributed by atoms with Crippen LogP contribution in [0.5, 0.6) is 0 Å². The molecule has 0 fully saturated rings. The molecule has 2 aromatic carbocycles. The van der Waals surface area contributed by atoms with Crippen molar-refractivity contribution in [2.24, 2.45) is 0 Å². The number of hydrogen-bond acceptors (Lipinski definition) is 5. The van der Waals surface area contributed by atoms with Gasteiger partial charge >= 0.3 is 0 Å². The minimum Gasteiger partial charge on any atom is -0.372 e. The SMILES string of the molecule is CCN(CC)c1ccc(Nc2cc(C(=O)Nc3ccccc3)nc(C)n2)c(C)c1. The number of rotatable bonds is 7. The number of benzene rings is 2. The highest BCUT2D eigenvalue weighted by atomic mass is 16.1. The lowest BCUT2D eigenvalue weighted by atomic mass is 10.1. The minimum absolute atomic E-state index is 0.265. The Kier molecular flexibility index (Phi) is 6.44. The van der Waals surface area contributed by atoms with E-state index in [1.54, 1.807) is 13.0 Å². The summed E-state index contributed by atoms with van der Waals surface area (Å²) in [6, 6.07) is 17.3. The standard InChI is InChI=1S/C23H27N5O/c1-5-28(6-2)19-12-13-20(16(3)14-19)27-22-15-21(24-17(4)25-22)23(29)26-18-10-8-7-9-11-18/h7-15H,5-6H2,1-4H3,(H,26,29)(H,24,25,27). The Morgan fingerprint density at radius 2 is 1.69 bits per heavy atom. The Labute approximate surface area is 172 Å². The molecule has 0 saturated heterocycles. The zero-order valence-corrected chi connectivity index (χ0v) is 17.4. The lowest BCUT2D eigenvalue weighted by Gasteiger charge is -2.22. The van der Waals surface area contributed by atoms with E-state index in [0.29, 0.717) is 17.3 Å². The lowest BCUT2D eigenvalue weighted by molar-refractivity contribution is 0.102. The van der Waals surface area contributed by atoms with Crippen molar-refractivity contribution in [3.63, 3.8) is 0 Å². The fraction of sp³-hybridized carbons (Fsp3) is 0.261. The molecule has 0 saturated carbocycles. The molecule has 0 unspecified atom stereocenters. The molecule has 6 nitrogen and oxygen atoms in total. The van der Waals surface area contributed by atoms with Crippen LogP contribution in [0, 0.1) is 13.8 Å². The number of aromatic nitrogens is 2. The van der Waals surface area contributed by atoms with Gasteiger partial charge in [0.05, 0.1) is 0 Å². The fourth-order valence-corrected chi connectivity index (χ4v) is 3.18. The van der Waals surface area contributed by atoms with Gasteiger partial charge in [0.15, 0.2) is 0 Å². The first kappa shape index (κ1) is 20.3. The molecule has 150 valence electrons. The Morgan fingerprint density at radius 3 is 2.34 bits per heavy atom. The van der Waals surface area contributed by atoms with Crippen molar-refractivity contribution in [2.45, 2.75) is 27.7 Å². The topological polar surface area (TPSA) is 70.2 Å². The van der Waals surface area contributed by atoms with Gasteiger partial charge in [-0.2, -0.15) is 0 Å². The molecule has 0 atom stereocenters. The van der Waals surface area contributed by atoms with Gasteiger partial charge in [-0.1, -0.05) is 18.2 Å². The largest absolute Gasteiger partial charge is 0.372 e. The molecule has 0 spiro atoms. The van der Waals surface area contributed by atoms with E-state index in [1.807, 2.05) is 36.4 Å². The summed E-state index contributed by atoms with van der Waals surface area (Å²) in [5.41, 5.74) is 4.31. The molecule has 29 heavy (non-hydrogen) atoms. The van der Waals surface area contributed by atoms with Gasteiger partial charge in [-0.05, 0) is 63.6 Å². The van der Waals surface area contributed by atoms with E-state index in [9.17, 15) is 4.79 Å². The molecule has 0 bridgehead atoms. The number of hydrogen-bond donors (Lipinski definition) is 2. The molecule has 2 N–H and O–H groups in total. The van der Waals surface area contributed by atoms with Crippen molar-refractivity contribution in [3.8, 4) is 0 Å². The van der Waals surface area contributed by atoms with Crippen LogP contribution in [0.1, 0.15) is 35.7 Å². The normalized spacial score (nSPS) is 10.5. The first-order chi connectivity index (χ1) is 14.0. The Morgan fingerprint density at radius 1 is 0.966 bits per heavy atom. The first-order valence-corrected chi connectivity index (χ1v) is 9.84. The van der Waals surface area contributed by atoms with Gasteiger partial charge in [0, 0.05) is 36.2 Å². The maximum atomic E-state index is 12.6. The van der Waals surface area contributed by atoms with Crippen LogP contribution in [0.15, 0.2) is 54.6 Å². The van der Waals surface area contributed by atoms with Crippen LogP contribution in [0.4, 0.5) is 22.9 Å². The summed E-state index contributed by atoms with van der Waals surface area (Å²) in [7, 11) is 0. The van der Waals surface area contributed by atoms with E-state index in [2.05, 4.69) is 58.4 Å². The minimum atomic E-state index is -0.265. The van der Waals surface area contributed by atoms with Crippen molar-refractivity contribution in [2.75, 3.05) is 28.6 Å². The quantitative estimate of drug-likeness (QED) is 0.599. The Bertz CT molecular complexity index is 984. The summed E-state index contributed by atoms with van der Waals surface area (Å²) < 4.78 is 0. The number of aryl methyl sites for hydroxylation is 2. The summed E-state index contributed by atoms with van der Waals surface area (Å²) in [4.78, 5) is 23.6. The Balaban J connectivity index is 1.80. The maximum Gasteiger partial charge on any atom is 0.274 e. The van der Waals surface area contributed by atoms with E-state index in [4.69, 9.17) is 0 Å². The van der Waals surface area contributed by atoms with Crippen LogP contribution in [-0.4, -0.2) is 29.0 Å². The first-order valence-electron chi connectivity index (χ1n) is 9.84. The second kappa shape index (κ2) is 9.19. The molecule has 0 aliphatic rings. The zero-order valence-electron chi connectivity index (χ0n) is 17.4. The highest BCUT2D eigenvalue weighted by Gasteiger charge is 2.12. The number of amides is 1. The third kappa shape index (κ3) is 5.10. The van der Waals surface area contributed by atoms with Gasteiger partial charge in [-0.25, -0.2) is 9.97 Å².